The van der Waals surface area contributed by atoms with Gasteiger partial charge in [-0.2, -0.15) is 11.8 Å². The smallest absolute Gasteiger partial charge is 0.117 e. The van der Waals surface area contributed by atoms with Crippen molar-refractivity contribution in [3.05, 3.63) is 23.7 Å². The molecular formula is C8H13NOS. The van der Waals surface area contributed by atoms with Gasteiger partial charge in [0.25, 0.3) is 0 Å². The van der Waals surface area contributed by atoms with Crippen LogP contribution in [0.15, 0.2) is 16.5 Å². The molecule has 1 N–H and O–H groups in total. The van der Waals surface area contributed by atoms with Crippen LogP contribution in [-0.2, 0) is 12.3 Å². The molecule has 0 unspecified atom stereocenters. The summed E-state index contributed by atoms with van der Waals surface area (Å²) in [5.41, 5.74) is 0. The van der Waals surface area contributed by atoms with Crippen molar-refractivity contribution in [2.75, 3.05) is 13.3 Å². The number of rotatable bonds is 4. The molecule has 0 amide bonds. The Hall–Kier alpha value is -0.410. The van der Waals surface area contributed by atoms with E-state index in [9.17, 15) is 0 Å². The fourth-order valence-corrected chi connectivity index (χ4v) is 1.35. The van der Waals surface area contributed by atoms with Gasteiger partial charge in [0.2, 0.25) is 0 Å². The Morgan fingerprint density at radius 3 is 2.82 bits per heavy atom. The largest absolute Gasteiger partial charge is 0.464 e. The molecule has 3 heteroatoms. The Kier molecular flexibility index (Phi) is 3.52. The molecule has 0 aromatic carbocycles. The number of furan rings is 1. The lowest BCUT2D eigenvalue weighted by Crippen LogP contribution is -2.03. The zero-order valence-corrected chi connectivity index (χ0v) is 7.70. The topological polar surface area (TPSA) is 25.2 Å². The SMILES string of the molecule is CNCc1ccc(CSC)o1. The van der Waals surface area contributed by atoms with Gasteiger partial charge in [0.15, 0.2) is 0 Å². The van der Waals surface area contributed by atoms with E-state index in [1.165, 1.54) is 0 Å². The molecule has 0 atom stereocenters. The van der Waals surface area contributed by atoms with Crippen molar-refractivity contribution in [1.29, 1.82) is 0 Å². The second-order valence-electron chi connectivity index (χ2n) is 2.33. The summed E-state index contributed by atoms with van der Waals surface area (Å²) >= 11 is 1.77. The zero-order chi connectivity index (χ0) is 8.10. The maximum atomic E-state index is 5.48. The van der Waals surface area contributed by atoms with Crippen molar-refractivity contribution in [3.8, 4) is 0 Å². The average Bonchev–Trinajstić information content (AvgIpc) is 2.38. The third-order valence-corrected chi connectivity index (χ3v) is 1.93. The van der Waals surface area contributed by atoms with Crippen LogP contribution in [0.1, 0.15) is 11.5 Å². The minimum Gasteiger partial charge on any atom is -0.464 e. The Balaban J connectivity index is 2.51. The molecule has 2 nitrogen and oxygen atoms in total. The third-order valence-electron chi connectivity index (χ3n) is 1.35. The fourth-order valence-electron chi connectivity index (χ4n) is 0.911. The molecule has 0 spiro atoms. The van der Waals surface area contributed by atoms with Crippen LogP contribution < -0.4 is 5.32 Å². The predicted molar refractivity (Wildman–Crippen MR) is 48.7 cm³/mol. The highest BCUT2D eigenvalue weighted by Gasteiger charge is 1.98. The Bertz CT molecular complexity index is 189. The van der Waals surface area contributed by atoms with Gasteiger partial charge in [-0.3, -0.25) is 0 Å². The van der Waals surface area contributed by atoms with Crippen molar-refractivity contribution in [2.24, 2.45) is 0 Å². The van der Waals surface area contributed by atoms with Gasteiger partial charge in [-0.1, -0.05) is 0 Å². The molecule has 1 heterocycles. The predicted octanol–water partition coefficient (Wildman–Crippen LogP) is 1.86. The minimum atomic E-state index is 0.814. The molecule has 1 aromatic rings. The van der Waals surface area contributed by atoms with Crippen LogP contribution in [0.2, 0.25) is 0 Å². The maximum absolute atomic E-state index is 5.48. The number of thioether (sulfide) groups is 1. The van der Waals surface area contributed by atoms with Gasteiger partial charge in [-0.25, -0.2) is 0 Å². The lowest BCUT2D eigenvalue weighted by Gasteiger charge is -1.93. The summed E-state index contributed by atoms with van der Waals surface area (Å²) in [7, 11) is 1.91. The van der Waals surface area contributed by atoms with Gasteiger partial charge < -0.3 is 9.73 Å². The number of hydrogen-bond donors (Lipinski definition) is 1. The third kappa shape index (κ3) is 2.60. The normalized spacial score (nSPS) is 10.4. The van der Waals surface area contributed by atoms with Crippen LogP contribution in [0, 0.1) is 0 Å². The molecule has 0 bridgehead atoms. The summed E-state index contributed by atoms with van der Waals surface area (Å²) in [4.78, 5) is 0. The first-order valence-corrected chi connectivity index (χ1v) is 4.97. The van der Waals surface area contributed by atoms with Gasteiger partial charge in [-0.15, -0.1) is 0 Å². The van der Waals surface area contributed by atoms with Gasteiger partial charge in [0.05, 0.1) is 12.3 Å². The Labute approximate surface area is 71.4 Å². The first-order chi connectivity index (χ1) is 5.36. The van der Waals surface area contributed by atoms with E-state index in [1.54, 1.807) is 11.8 Å². The molecular weight excluding hydrogens is 158 g/mol. The van der Waals surface area contributed by atoms with E-state index in [4.69, 9.17) is 4.42 Å². The highest BCUT2D eigenvalue weighted by molar-refractivity contribution is 7.97. The zero-order valence-electron chi connectivity index (χ0n) is 6.89. The molecule has 0 fully saturated rings. The summed E-state index contributed by atoms with van der Waals surface area (Å²) < 4.78 is 5.48. The molecule has 11 heavy (non-hydrogen) atoms. The van der Waals surface area contributed by atoms with E-state index < -0.39 is 0 Å². The van der Waals surface area contributed by atoms with Crippen LogP contribution >= 0.6 is 11.8 Å². The monoisotopic (exact) mass is 171 g/mol. The standard InChI is InChI=1S/C8H13NOS/c1-9-5-7-3-4-8(10-7)6-11-2/h3-4,9H,5-6H2,1-2H3. The van der Waals surface area contributed by atoms with Crippen molar-refractivity contribution in [3.63, 3.8) is 0 Å². The van der Waals surface area contributed by atoms with Gasteiger partial charge in [-0.05, 0) is 25.4 Å². The van der Waals surface area contributed by atoms with Crippen LogP contribution in [0.5, 0.6) is 0 Å². The molecule has 1 rings (SSSR count). The molecule has 62 valence electrons. The van der Waals surface area contributed by atoms with Crippen molar-refractivity contribution >= 4 is 11.8 Å². The summed E-state index contributed by atoms with van der Waals surface area (Å²) in [6, 6.07) is 4.05. The first kappa shape index (κ1) is 8.68. The summed E-state index contributed by atoms with van der Waals surface area (Å²) in [5.74, 6) is 3.03. The molecule has 0 saturated carbocycles. The van der Waals surface area contributed by atoms with Crippen LogP contribution in [0.25, 0.3) is 0 Å². The van der Waals surface area contributed by atoms with E-state index in [2.05, 4.69) is 11.6 Å². The van der Waals surface area contributed by atoms with Gasteiger partial charge in [0, 0.05) is 0 Å². The molecule has 0 radical (unpaired) electrons. The number of hydrogen-bond acceptors (Lipinski definition) is 3. The van der Waals surface area contributed by atoms with E-state index in [0.717, 1.165) is 23.8 Å². The summed E-state index contributed by atoms with van der Waals surface area (Å²) in [5, 5.41) is 3.04. The first-order valence-electron chi connectivity index (χ1n) is 3.58. The quantitative estimate of drug-likeness (QED) is 0.748. The average molecular weight is 171 g/mol. The van der Waals surface area contributed by atoms with Crippen molar-refractivity contribution < 1.29 is 4.42 Å². The maximum Gasteiger partial charge on any atom is 0.117 e. The molecule has 1 aromatic heterocycles. The fraction of sp³-hybridized carbons (Fsp3) is 0.500. The molecule has 0 aliphatic carbocycles. The van der Waals surface area contributed by atoms with E-state index in [-0.39, 0.29) is 0 Å². The van der Waals surface area contributed by atoms with Crippen LogP contribution in [0.4, 0.5) is 0 Å². The van der Waals surface area contributed by atoms with E-state index >= 15 is 0 Å². The lowest BCUT2D eigenvalue weighted by atomic mass is 10.4. The van der Waals surface area contributed by atoms with Gasteiger partial charge >= 0.3 is 0 Å². The molecule has 0 aliphatic rings. The highest BCUT2D eigenvalue weighted by atomic mass is 32.2. The second kappa shape index (κ2) is 4.46. The van der Waals surface area contributed by atoms with E-state index in [0.29, 0.717) is 0 Å². The summed E-state index contributed by atoms with van der Waals surface area (Å²) in [6.07, 6.45) is 2.07. The Morgan fingerprint density at radius 2 is 2.18 bits per heavy atom. The van der Waals surface area contributed by atoms with Crippen LogP contribution in [-0.4, -0.2) is 13.3 Å². The number of nitrogens with one attached hydrogen (secondary N) is 1. The molecule has 0 aliphatic heterocycles. The molecule has 0 saturated heterocycles. The minimum absolute atomic E-state index is 0.814. The lowest BCUT2D eigenvalue weighted by molar-refractivity contribution is 0.469. The summed E-state index contributed by atoms with van der Waals surface area (Å²) in [6.45, 7) is 0.814. The van der Waals surface area contributed by atoms with Crippen LogP contribution in [0.3, 0.4) is 0 Å². The van der Waals surface area contributed by atoms with Crippen molar-refractivity contribution in [1.82, 2.24) is 5.32 Å². The Morgan fingerprint density at radius 1 is 1.45 bits per heavy atom. The highest BCUT2D eigenvalue weighted by Crippen LogP contribution is 2.12. The van der Waals surface area contributed by atoms with Crippen molar-refractivity contribution in [2.45, 2.75) is 12.3 Å². The van der Waals surface area contributed by atoms with E-state index in [1.807, 2.05) is 19.2 Å². The van der Waals surface area contributed by atoms with Gasteiger partial charge in [0.1, 0.15) is 11.5 Å². The second-order valence-corrected chi connectivity index (χ2v) is 3.20.